The summed E-state index contributed by atoms with van der Waals surface area (Å²) in [5, 5.41) is 4.41. The van der Waals surface area contributed by atoms with Gasteiger partial charge in [0.05, 0.1) is 7.11 Å². The van der Waals surface area contributed by atoms with Crippen molar-refractivity contribution in [3.05, 3.63) is 88.7 Å². The third-order valence-electron chi connectivity index (χ3n) is 5.86. The summed E-state index contributed by atoms with van der Waals surface area (Å²) in [5.41, 5.74) is 7.39. The van der Waals surface area contributed by atoms with Crippen LogP contribution in [0.1, 0.15) is 0 Å². The van der Waals surface area contributed by atoms with Crippen molar-refractivity contribution in [1.82, 2.24) is 4.98 Å². The maximum Gasteiger partial charge on any atom is 0.221 e. The largest absolute Gasteiger partial charge is 0.481 e. The zero-order valence-corrected chi connectivity index (χ0v) is 20.2. The minimum Gasteiger partial charge on any atom is -0.481 e. The van der Waals surface area contributed by atoms with Crippen LogP contribution in [0.25, 0.3) is 44.2 Å². The van der Waals surface area contributed by atoms with Crippen LogP contribution in [0.15, 0.2) is 84.4 Å². The average molecular weight is 471 g/mol. The normalized spacial score (nSPS) is 11.0. The third kappa shape index (κ3) is 3.97. The molecule has 164 valence electrons. The Morgan fingerprint density at radius 2 is 1.64 bits per heavy atom. The first-order chi connectivity index (χ1) is 16.1. The molecule has 0 amide bonds. The lowest BCUT2D eigenvalue weighted by Crippen LogP contribution is -2.08. The van der Waals surface area contributed by atoms with Gasteiger partial charge in [-0.25, -0.2) is 4.98 Å². The Morgan fingerprint density at radius 1 is 0.818 bits per heavy atom. The number of benzene rings is 3. The highest BCUT2D eigenvalue weighted by Gasteiger charge is 2.18. The number of rotatable bonds is 5. The number of nitrogens with zero attached hydrogens (tertiary/aromatic N) is 2. The summed E-state index contributed by atoms with van der Waals surface area (Å²) in [6.07, 6.45) is 1.82. The van der Waals surface area contributed by atoms with Gasteiger partial charge >= 0.3 is 0 Å². The van der Waals surface area contributed by atoms with Crippen molar-refractivity contribution in [1.29, 1.82) is 0 Å². The zero-order chi connectivity index (χ0) is 22.9. The molecule has 5 heteroatoms. The smallest absolute Gasteiger partial charge is 0.221 e. The van der Waals surface area contributed by atoms with Gasteiger partial charge in [-0.2, -0.15) is 0 Å². The van der Waals surface area contributed by atoms with Crippen molar-refractivity contribution in [2.24, 2.45) is 0 Å². The molecule has 0 bridgehead atoms. The summed E-state index contributed by atoms with van der Waals surface area (Å²) >= 11 is 7.97. The summed E-state index contributed by atoms with van der Waals surface area (Å²) in [4.78, 5) is 6.76. The Morgan fingerprint density at radius 3 is 2.39 bits per heavy atom. The van der Waals surface area contributed by atoms with Gasteiger partial charge < -0.3 is 9.64 Å². The van der Waals surface area contributed by atoms with Crippen molar-refractivity contribution in [3.8, 4) is 39.3 Å². The second kappa shape index (κ2) is 8.89. The molecule has 0 fully saturated rings. The molecule has 0 saturated carbocycles. The van der Waals surface area contributed by atoms with Crippen LogP contribution in [0.5, 0.6) is 5.88 Å². The molecule has 3 nitrogen and oxygen atoms in total. The van der Waals surface area contributed by atoms with E-state index in [-0.39, 0.29) is 0 Å². The summed E-state index contributed by atoms with van der Waals surface area (Å²) in [6, 6.07) is 25.6. The fourth-order valence-electron chi connectivity index (χ4n) is 4.18. The molecule has 3 aromatic carbocycles. The predicted molar refractivity (Wildman–Crippen MR) is 142 cm³/mol. The molecule has 5 rings (SSSR count). The molecule has 0 spiro atoms. The molecular weight excluding hydrogens is 448 g/mol. The van der Waals surface area contributed by atoms with Crippen molar-refractivity contribution >= 4 is 39.4 Å². The fourth-order valence-corrected chi connectivity index (χ4v) is 5.15. The van der Waals surface area contributed by atoms with Crippen molar-refractivity contribution in [2.45, 2.75) is 0 Å². The van der Waals surface area contributed by atoms with Gasteiger partial charge in [0.25, 0.3) is 0 Å². The highest BCUT2D eigenvalue weighted by Crippen LogP contribution is 2.43. The van der Waals surface area contributed by atoms with E-state index in [0.717, 1.165) is 37.8 Å². The van der Waals surface area contributed by atoms with E-state index in [9.17, 15) is 0 Å². The minimum absolute atomic E-state index is 0.587. The second-order valence-corrected chi connectivity index (χ2v) is 9.56. The Bertz CT molecular complexity index is 1450. The van der Waals surface area contributed by atoms with Gasteiger partial charge in [-0.3, -0.25) is 0 Å². The highest BCUT2D eigenvalue weighted by atomic mass is 35.5. The van der Waals surface area contributed by atoms with E-state index < -0.39 is 0 Å². The van der Waals surface area contributed by atoms with Crippen LogP contribution in [0.3, 0.4) is 0 Å². The van der Waals surface area contributed by atoms with Gasteiger partial charge in [0.1, 0.15) is 4.34 Å². The number of fused-ring (bicyclic) bond motifs is 1. The van der Waals surface area contributed by atoms with Crippen molar-refractivity contribution in [3.63, 3.8) is 0 Å². The van der Waals surface area contributed by atoms with E-state index in [0.29, 0.717) is 5.88 Å². The molecule has 5 aromatic rings. The first-order valence-electron chi connectivity index (χ1n) is 10.6. The lowest BCUT2D eigenvalue weighted by molar-refractivity contribution is 0.400. The monoisotopic (exact) mass is 470 g/mol. The number of anilines is 1. The second-order valence-electron chi connectivity index (χ2n) is 8.04. The van der Waals surface area contributed by atoms with Gasteiger partial charge in [0.2, 0.25) is 5.88 Å². The number of pyridine rings is 1. The first-order valence-corrected chi connectivity index (χ1v) is 11.9. The molecule has 0 N–H and O–H groups in total. The van der Waals surface area contributed by atoms with Crippen molar-refractivity contribution < 1.29 is 4.74 Å². The van der Waals surface area contributed by atoms with Crippen LogP contribution >= 0.6 is 22.9 Å². The maximum atomic E-state index is 6.45. The molecule has 33 heavy (non-hydrogen) atoms. The predicted octanol–water partition coefficient (Wildman–Crippen LogP) is 8.03. The number of methoxy groups -OCH3 is 1. The summed E-state index contributed by atoms with van der Waals surface area (Å²) in [6.45, 7) is 0. The van der Waals surface area contributed by atoms with Gasteiger partial charge in [-0.1, -0.05) is 60.1 Å². The average Bonchev–Trinajstić information content (AvgIpc) is 3.28. The van der Waals surface area contributed by atoms with E-state index in [2.05, 4.69) is 90.7 Å². The Hall–Kier alpha value is -3.34. The van der Waals surface area contributed by atoms with Crippen LogP contribution in [0.2, 0.25) is 4.34 Å². The van der Waals surface area contributed by atoms with Crippen LogP contribution < -0.4 is 9.64 Å². The standard InChI is InChI=1S/C28H23ClN2OS/c1-31(2)20-11-12-24(25(16-20)23-10-6-8-18-7-4-5-9-21(18)23)26-15-19(17-30-28(26)32-3)22-13-14-33-27(22)29/h4-17H,1-3H3. The van der Waals surface area contributed by atoms with Gasteiger partial charge in [-0.15, -0.1) is 11.3 Å². The van der Waals surface area contributed by atoms with Crippen molar-refractivity contribution in [2.75, 3.05) is 26.1 Å². The van der Waals surface area contributed by atoms with E-state index in [1.54, 1.807) is 7.11 Å². The number of halogens is 1. The number of thiophene rings is 1. The van der Waals surface area contributed by atoms with Crippen LogP contribution in [0.4, 0.5) is 5.69 Å². The SMILES string of the molecule is COc1ncc(-c2ccsc2Cl)cc1-c1ccc(N(C)C)cc1-c1cccc2ccccc12. The van der Waals surface area contributed by atoms with Crippen LogP contribution in [-0.2, 0) is 0 Å². The molecule has 0 aliphatic carbocycles. The Balaban J connectivity index is 1.80. The molecule has 0 unspecified atom stereocenters. The number of hydrogen-bond acceptors (Lipinski definition) is 4. The molecule has 0 saturated heterocycles. The third-order valence-corrected chi connectivity index (χ3v) is 7.03. The fraction of sp³-hybridized carbons (Fsp3) is 0.107. The topological polar surface area (TPSA) is 25.4 Å². The minimum atomic E-state index is 0.587. The highest BCUT2D eigenvalue weighted by molar-refractivity contribution is 7.15. The van der Waals surface area contributed by atoms with Gasteiger partial charge in [0.15, 0.2) is 0 Å². The molecule has 2 aromatic heterocycles. The molecular formula is C28H23ClN2OS. The summed E-state index contributed by atoms with van der Waals surface area (Å²) in [7, 11) is 5.78. The maximum absolute atomic E-state index is 6.45. The number of hydrogen-bond donors (Lipinski definition) is 0. The van der Waals surface area contributed by atoms with E-state index in [4.69, 9.17) is 16.3 Å². The van der Waals surface area contributed by atoms with Gasteiger partial charge in [0, 0.05) is 42.7 Å². The quantitative estimate of drug-likeness (QED) is 0.260. The molecule has 0 aliphatic rings. The molecule has 0 atom stereocenters. The Kier molecular flexibility index (Phi) is 5.79. The lowest BCUT2D eigenvalue weighted by atomic mass is 9.90. The first kappa shape index (κ1) is 21.5. The molecule has 0 radical (unpaired) electrons. The lowest BCUT2D eigenvalue weighted by Gasteiger charge is -2.19. The van der Waals surface area contributed by atoms with E-state index in [1.165, 1.54) is 27.7 Å². The van der Waals surface area contributed by atoms with Crippen LogP contribution in [-0.4, -0.2) is 26.2 Å². The summed E-state index contributed by atoms with van der Waals surface area (Å²) in [5.74, 6) is 0.587. The Labute approximate surface area is 202 Å². The molecule has 0 aliphatic heterocycles. The van der Waals surface area contributed by atoms with Crippen LogP contribution in [0, 0.1) is 0 Å². The molecule has 2 heterocycles. The number of aromatic nitrogens is 1. The van der Waals surface area contributed by atoms with E-state index in [1.807, 2.05) is 17.6 Å². The number of ether oxygens (including phenoxy) is 1. The zero-order valence-electron chi connectivity index (χ0n) is 18.7. The summed E-state index contributed by atoms with van der Waals surface area (Å²) < 4.78 is 6.46. The van der Waals surface area contributed by atoms with E-state index >= 15 is 0 Å². The van der Waals surface area contributed by atoms with Gasteiger partial charge in [-0.05, 0) is 57.1 Å².